The van der Waals surface area contributed by atoms with Crippen molar-refractivity contribution in [1.82, 2.24) is 4.98 Å². The van der Waals surface area contributed by atoms with Gasteiger partial charge in [0.25, 0.3) is 5.91 Å². The molecule has 2 aromatic heterocycles. The van der Waals surface area contributed by atoms with E-state index in [9.17, 15) is 9.59 Å². The number of hydrogen-bond donors (Lipinski definition) is 2. The second-order valence-corrected chi connectivity index (χ2v) is 7.63. The molecule has 4 rings (SSSR count). The standard InChI is InChI=1S/C20H15N3O2S2/c24-18(22-16-8-3-6-13-5-1-2-7-15(13)16)11-14-12-27-20(21-14)23-19(25)17-9-4-10-26-17/h1-10,12H,11H2,(H,22,24)(H,21,23,25). The van der Waals surface area contributed by atoms with E-state index in [-0.39, 0.29) is 18.2 Å². The molecule has 2 heterocycles. The molecule has 27 heavy (non-hydrogen) atoms. The number of rotatable bonds is 5. The van der Waals surface area contributed by atoms with E-state index in [1.54, 1.807) is 11.4 Å². The van der Waals surface area contributed by atoms with E-state index in [0.717, 1.165) is 16.5 Å². The molecule has 5 nitrogen and oxygen atoms in total. The number of anilines is 2. The van der Waals surface area contributed by atoms with Gasteiger partial charge in [0.1, 0.15) is 0 Å². The third-order valence-corrected chi connectivity index (χ3v) is 5.60. The zero-order chi connectivity index (χ0) is 18.6. The molecule has 0 atom stereocenters. The van der Waals surface area contributed by atoms with Crippen LogP contribution in [0.15, 0.2) is 65.4 Å². The quantitative estimate of drug-likeness (QED) is 0.512. The lowest BCUT2D eigenvalue weighted by atomic mass is 10.1. The molecule has 2 aromatic carbocycles. The Morgan fingerprint density at radius 3 is 2.63 bits per heavy atom. The fourth-order valence-electron chi connectivity index (χ4n) is 2.71. The predicted molar refractivity (Wildman–Crippen MR) is 111 cm³/mol. The van der Waals surface area contributed by atoms with Crippen molar-refractivity contribution in [2.45, 2.75) is 6.42 Å². The van der Waals surface area contributed by atoms with Crippen LogP contribution in [0.4, 0.5) is 10.8 Å². The van der Waals surface area contributed by atoms with Gasteiger partial charge in [-0.3, -0.25) is 14.9 Å². The largest absolute Gasteiger partial charge is 0.325 e. The number of nitrogens with zero attached hydrogens (tertiary/aromatic N) is 1. The number of hydrogen-bond acceptors (Lipinski definition) is 5. The van der Waals surface area contributed by atoms with E-state index in [1.165, 1.54) is 22.7 Å². The van der Waals surface area contributed by atoms with E-state index < -0.39 is 0 Å². The van der Waals surface area contributed by atoms with Gasteiger partial charge in [-0.25, -0.2) is 4.98 Å². The maximum atomic E-state index is 12.4. The number of carbonyl (C=O) groups is 2. The Labute approximate surface area is 163 Å². The molecule has 4 aromatic rings. The molecule has 0 saturated carbocycles. The van der Waals surface area contributed by atoms with E-state index in [0.29, 0.717) is 15.7 Å². The second kappa shape index (κ2) is 7.69. The first kappa shape index (κ1) is 17.4. The van der Waals surface area contributed by atoms with Crippen molar-refractivity contribution in [3.05, 3.63) is 75.9 Å². The first-order chi connectivity index (χ1) is 13.2. The van der Waals surface area contributed by atoms with Crippen molar-refractivity contribution < 1.29 is 9.59 Å². The molecular formula is C20H15N3O2S2. The summed E-state index contributed by atoms with van der Waals surface area (Å²) in [6.45, 7) is 0. The van der Waals surface area contributed by atoms with Crippen LogP contribution in [-0.2, 0) is 11.2 Å². The molecule has 0 aliphatic heterocycles. The summed E-state index contributed by atoms with van der Waals surface area (Å²) in [6, 6.07) is 17.3. The molecule has 0 unspecified atom stereocenters. The molecule has 2 amide bonds. The molecule has 0 aliphatic carbocycles. The van der Waals surface area contributed by atoms with Crippen LogP contribution in [0.2, 0.25) is 0 Å². The smallest absolute Gasteiger partial charge is 0.267 e. The highest BCUT2D eigenvalue weighted by Crippen LogP contribution is 2.23. The minimum Gasteiger partial charge on any atom is -0.325 e. The summed E-state index contributed by atoms with van der Waals surface area (Å²) in [5, 5.41) is 11.9. The van der Waals surface area contributed by atoms with Crippen molar-refractivity contribution in [2.24, 2.45) is 0 Å². The molecule has 0 radical (unpaired) electrons. The molecule has 0 bridgehead atoms. The maximum absolute atomic E-state index is 12.4. The number of thiophene rings is 1. The highest BCUT2D eigenvalue weighted by atomic mass is 32.1. The number of amides is 2. The highest BCUT2D eigenvalue weighted by Gasteiger charge is 2.12. The van der Waals surface area contributed by atoms with E-state index in [4.69, 9.17) is 0 Å². The number of carbonyl (C=O) groups excluding carboxylic acids is 2. The molecule has 0 fully saturated rings. The summed E-state index contributed by atoms with van der Waals surface area (Å²) in [6.07, 6.45) is 0.147. The zero-order valence-electron chi connectivity index (χ0n) is 14.1. The first-order valence-electron chi connectivity index (χ1n) is 8.26. The van der Waals surface area contributed by atoms with Crippen LogP contribution in [-0.4, -0.2) is 16.8 Å². The molecule has 0 spiro atoms. The number of benzene rings is 2. The normalized spacial score (nSPS) is 10.7. The fraction of sp³-hybridized carbons (Fsp3) is 0.0500. The van der Waals surface area contributed by atoms with Crippen molar-refractivity contribution in [3.63, 3.8) is 0 Å². The van der Waals surface area contributed by atoms with Crippen LogP contribution in [0, 0.1) is 0 Å². The molecular weight excluding hydrogens is 378 g/mol. The third kappa shape index (κ3) is 4.05. The van der Waals surface area contributed by atoms with Gasteiger partial charge in [0.2, 0.25) is 5.91 Å². The average Bonchev–Trinajstić information content (AvgIpc) is 3.34. The lowest BCUT2D eigenvalue weighted by molar-refractivity contribution is -0.115. The van der Waals surface area contributed by atoms with Crippen LogP contribution in [0.25, 0.3) is 10.8 Å². The van der Waals surface area contributed by atoms with Crippen LogP contribution in [0.5, 0.6) is 0 Å². The van der Waals surface area contributed by atoms with Gasteiger partial charge in [-0.2, -0.15) is 0 Å². The van der Waals surface area contributed by atoms with Crippen molar-refractivity contribution >= 4 is 56.1 Å². The van der Waals surface area contributed by atoms with Crippen molar-refractivity contribution in [2.75, 3.05) is 10.6 Å². The first-order valence-corrected chi connectivity index (χ1v) is 10.0. The van der Waals surface area contributed by atoms with Crippen LogP contribution < -0.4 is 10.6 Å². The Morgan fingerprint density at radius 1 is 0.926 bits per heavy atom. The Morgan fingerprint density at radius 2 is 1.78 bits per heavy atom. The van der Waals surface area contributed by atoms with Gasteiger partial charge in [0.15, 0.2) is 5.13 Å². The summed E-state index contributed by atoms with van der Waals surface area (Å²) in [5.41, 5.74) is 1.40. The van der Waals surface area contributed by atoms with Gasteiger partial charge in [0.05, 0.1) is 17.0 Å². The lowest BCUT2D eigenvalue weighted by Gasteiger charge is -2.08. The lowest BCUT2D eigenvalue weighted by Crippen LogP contribution is -2.15. The number of thiazole rings is 1. The Balaban J connectivity index is 1.41. The van der Waals surface area contributed by atoms with Crippen molar-refractivity contribution in [3.8, 4) is 0 Å². The summed E-state index contributed by atoms with van der Waals surface area (Å²) >= 11 is 2.68. The topological polar surface area (TPSA) is 71.1 Å². The Kier molecular flexibility index (Phi) is 4.95. The Bertz CT molecular complexity index is 1100. The van der Waals surface area contributed by atoms with Crippen LogP contribution in [0.3, 0.4) is 0 Å². The number of fused-ring (bicyclic) bond motifs is 1. The number of aromatic nitrogens is 1. The van der Waals surface area contributed by atoms with Gasteiger partial charge < -0.3 is 5.32 Å². The molecule has 7 heteroatoms. The summed E-state index contributed by atoms with van der Waals surface area (Å²) in [4.78, 5) is 29.4. The second-order valence-electron chi connectivity index (χ2n) is 5.83. The molecule has 2 N–H and O–H groups in total. The van der Waals surface area contributed by atoms with Crippen LogP contribution >= 0.6 is 22.7 Å². The van der Waals surface area contributed by atoms with E-state index in [2.05, 4.69) is 15.6 Å². The molecule has 0 saturated heterocycles. The maximum Gasteiger partial charge on any atom is 0.267 e. The minimum atomic E-state index is -0.189. The van der Waals surface area contributed by atoms with E-state index in [1.807, 2.05) is 53.9 Å². The highest BCUT2D eigenvalue weighted by molar-refractivity contribution is 7.14. The van der Waals surface area contributed by atoms with Gasteiger partial charge in [-0.05, 0) is 22.9 Å². The van der Waals surface area contributed by atoms with E-state index >= 15 is 0 Å². The van der Waals surface area contributed by atoms with Crippen LogP contribution in [0.1, 0.15) is 15.4 Å². The predicted octanol–water partition coefficient (Wildman–Crippen LogP) is 4.79. The Hall–Kier alpha value is -3.03. The third-order valence-electron chi connectivity index (χ3n) is 3.92. The monoisotopic (exact) mass is 393 g/mol. The summed E-state index contributed by atoms with van der Waals surface area (Å²) < 4.78 is 0. The van der Waals surface area contributed by atoms with Crippen molar-refractivity contribution in [1.29, 1.82) is 0 Å². The number of nitrogens with one attached hydrogen (secondary N) is 2. The average molecular weight is 393 g/mol. The fourth-order valence-corrected chi connectivity index (χ4v) is 4.03. The summed E-state index contributed by atoms with van der Waals surface area (Å²) in [7, 11) is 0. The zero-order valence-corrected chi connectivity index (χ0v) is 15.8. The van der Waals surface area contributed by atoms with Gasteiger partial charge in [-0.15, -0.1) is 22.7 Å². The van der Waals surface area contributed by atoms with Gasteiger partial charge in [-0.1, -0.05) is 42.5 Å². The van der Waals surface area contributed by atoms with Gasteiger partial charge in [0, 0.05) is 16.5 Å². The van der Waals surface area contributed by atoms with Gasteiger partial charge >= 0.3 is 0 Å². The molecule has 134 valence electrons. The summed E-state index contributed by atoms with van der Waals surface area (Å²) in [5.74, 6) is -0.334. The minimum absolute atomic E-state index is 0.146. The SMILES string of the molecule is O=C(Cc1csc(NC(=O)c2cccs2)n1)Nc1cccc2ccccc12. The molecule has 0 aliphatic rings.